The standard InChI is InChI=1S/C17H14ClNO2/c18-16-3-1-2-13(10-16)8-9-17(20)21-12-15-6-4-14(11-19)5-7-15/h1-7,10H,8-9,12H2. The quantitative estimate of drug-likeness (QED) is 0.787. The van der Waals surface area contributed by atoms with Crippen molar-refractivity contribution in [2.45, 2.75) is 19.4 Å². The van der Waals surface area contributed by atoms with E-state index >= 15 is 0 Å². The van der Waals surface area contributed by atoms with Crippen LogP contribution in [0.2, 0.25) is 5.02 Å². The monoisotopic (exact) mass is 299 g/mol. The van der Waals surface area contributed by atoms with Crippen LogP contribution in [-0.2, 0) is 22.6 Å². The number of benzene rings is 2. The van der Waals surface area contributed by atoms with E-state index in [1.54, 1.807) is 30.3 Å². The maximum absolute atomic E-state index is 11.7. The lowest BCUT2D eigenvalue weighted by Crippen LogP contribution is -2.06. The summed E-state index contributed by atoms with van der Waals surface area (Å²) in [4.78, 5) is 11.7. The van der Waals surface area contributed by atoms with E-state index in [0.29, 0.717) is 23.4 Å². The summed E-state index contributed by atoms with van der Waals surface area (Å²) in [5.41, 5.74) is 2.47. The second-order valence-corrected chi connectivity index (χ2v) is 5.04. The highest BCUT2D eigenvalue weighted by atomic mass is 35.5. The predicted octanol–water partition coefficient (Wildman–Crippen LogP) is 3.89. The Kier molecular flexibility index (Phi) is 5.36. The Morgan fingerprint density at radius 2 is 1.90 bits per heavy atom. The molecule has 0 heterocycles. The molecule has 21 heavy (non-hydrogen) atoms. The first-order valence-corrected chi connectivity index (χ1v) is 6.94. The molecule has 0 saturated heterocycles. The first-order chi connectivity index (χ1) is 10.2. The summed E-state index contributed by atoms with van der Waals surface area (Å²) in [7, 11) is 0. The molecule has 0 N–H and O–H groups in total. The number of carbonyl (C=O) groups is 1. The number of halogens is 1. The molecular weight excluding hydrogens is 286 g/mol. The Hall–Kier alpha value is -2.31. The number of rotatable bonds is 5. The van der Waals surface area contributed by atoms with Gasteiger partial charge in [0.05, 0.1) is 11.6 Å². The van der Waals surface area contributed by atoms with Crippen molar-refractivity contribution in [1.29, 1.82) is 5.26 Å². The minimum absolute atomic E-state index is 0.222. The lowest BCUT2D eigenvalue weighted by molar-refractivity contribution is -0.144. The van der Waals surface area contributed by atoms with E-state index < -0.39 is 0 Å². The van der Waals surface area contributed by atoms with E-state index in [0.717, 1.165) is 11.1 Å². The van der Waals surface area contributed by atoms with Gasteiger partial charge in [-0.3, -0.25) is 4.79 Å². The van der Waals surface area contributed by atoms with Gasteiger partial charge in [-0.2, -0.15) is 5.26 Å². The van der Waals surface area contributed by atoms with Gasteiger partial charge in [0, 0.05) is 11.4 Å². The van der Waals surface area contributed by atoms with Gasteiger partial charge in [-0.15, -0.1) is 0 Å². The van der Waals surface area contributed by atoms with Crippen molar-refractivity contribution in [3.05, 3.63) is 70.2 Å². The number of esters is 1. The van der Waals surface area contributed by atoms with Gasteiger partial charge in [0.2, 0.25) is 0 Å². The summed E-state index contributed by atoms with van der Waals surface area (Å²) >= 11 is 5.89. The number of nitriles is 1. The number of ether oxygens (including phenoxy) is 1. The average molecular weight is 300 g/mol. The summed E-state index contributed by atoms with van der Waals surface area (Å²) in [5.74, 6) is -0.251. The van der Waals surface area contributed by atoms with Gasteiger partial charge in [0.15, 0.2) is 0 Å². The molecule has 0 aliphatic heterocycles. The summed E-state index contributed by atoms with van der Waals surface area (Å²) < 4.78 is 5.20. The minimum Gasteiger partial charge on any atom is -0.461 e. The second kappa shape index (κ2) is 7.47. The summed E-state index contributed by atoms with van der Waals surface area (Å²) in [6, 6.07) is 16.4. The summed E-state index contributed by atoms with van der Waals surface area (Å²) in [5, 5.41) is 9.36. The lowest BCUT2D eigenvalue weighted by atomic mass is 10.1. The molecule has 2 aromatic rings. The van der Waals surface area contributed by atoms with Crippen molar-refractivity contribution in [2.75, 3.05) is 0 Å². The van der Waals surface area contributed by atoms with Crippen LogP contribution in [0.4, 0.5) is 0 Å². The number of hydrogen-bond donors (Lipinski definition) is 0. The fourth-order valence-corrected chi connectivity index (χ4v) is 2.06. The molecule has 0 saturated carbocycles. The minimum atomic E-state index is -0.251. The van der Waals surface area contributed by atoms with Gasteiger partial charge >= 0.3 is 5.97 Å². The molecule has 2 aromatic carbocycles. The molecule has 0 unspecified atom stereocenters. The third-order valence-corrected chi connectivity index (χ3v) is 3.22. The third-order valence-electron chi connectivity index (χ3n) is 2.99. The zero-order valence-electron chi connectivity index (χ0n) is 11.4. The maximum atomic E-state index is 11.7. The van der Waals surface area contributed by atoms with Crippen LogP contribution < -0.4 is 0 Å². The molecule has 0 aromatic heterocycles. The molecule has 0 amide bonds. The normalized spacial score (nSPS) is 9.90. The molecule has 0 spiro atoms. The second-order valence-electron chi connectivity index (χ2n) is 4.60. The highest BCUT2D eigenvalue weighted by Crippen LogP contribution is 2.13. The predicted molar refractivity (Wildman–Crippen MR) is 80.7 cm³/mol. The number of hydrogen-bond acceptors (Lipinski definition) is 3. The Morgan fingerprint density at radius 1 is 1.14 bits per heavy atom. The van der Waals surface area contributed by atoms with Gasteiger partial charge in [0.1, 0.15) is 6.61 Å². The number of nitrogens with zero attached hydrogens (tertiary/aromatic N) is 1. The first-order valence-electron chi connectivity index (χ1n) is 6.56. The Morgan fingerprint density at radius 3 is 2.57 bits per heavy atom. The van der Waals surface area contributed by atoms with E-state index in [2.05, 4.69) is 0 Å². The Bertz CT molecular complexity index is 659. The van der Waals surface area contributed by atoms with Gasteiger partial charge in [0.25, 0.3) is 0 Å². The zero-order valence-corrected chi connectivity index (χ0v) is 12.1. The molecule has 0 atom stereocenters. The number of aryl methyl sites for hydroxylation is 1. The van der Waals surface area contributed by atoms with Crippen LogP contribution in [0.25, 0.3) is 0 Å². The smallest absolute Gasteiger partial charge is 0.306 e. The Labute approximate surface area is 128 Å². The molecule has 0 fully saturated rings. The van der Waals surface area contributed by atoms with Crippen molar-refractivity contribution < 1.29 is 9.53 Å². The number of carbonyl (C=O) groups excluding carboxylic acids is 1. The van der Waals surface area contributed by atoms with Crippen molar-refractivity contribution in [3.8, 4) is 6.07 Å². The third kappa shape index (κ3) is 4.94. The van der Waals surface area contributed by atoms with Crippen LogP contribution in [0.15, 0.2) is 48.5 Å². The zero-order chi connectivity index (χ0) is 15.1. The van der Waals surface area contributed by atoms with Crippen molar-refractivity contribution in [1.82, 2.24) is 0 Å². The molecule has 0 bridgehead atoms. The van der Waals surface area contributed by atoms with Crippen LogP contribution in [0, 0.1) is 11.3 Å². The van der Waals surface area contributed by atoms with E-state index in [4.69, 9.17) is 21.6 Å². The van der Waals surface area contributed by atoms with Crippen molar-refractivity contribution in [3.63, 3.8) is 0 Å². The van der Waals surface area contributed by atoms with Crippen molar-refractivity contribution in [2.24, 2.45) is 0 Å². The molecular formula is C17H14ClNO2. The van der Waals surface area contributed by atoms with E-state index in [9.17, 15) is 4.79 Å². The highest BCUT2D eigenvalue weighted by Gasteiger charge is 2.05. The van der Waals surface area contributed by atoms with Crippen LogP contribution in [0.1, 0.15) is 23.1 Å². The average Bonchev–Trinajstić information content (AvgIpc) is 2.51. The SMILES string of the molecule is N#Cc1ccc(COC(=O)CCc2cccc(Cl)c2)cc1. The molecule has 4 heteroatoms. The molecule has 3 nitrogen and oxygen atoms in total. The van der Waals surface area contributed by atoms with Crippen LogP contribution >= 0.6 is 11.6 Å². The van der Waals surface area contributed by atoms with E-state index in [1.165, 1.54) is 0 Å². The fraction of sp³-hybridized carbons (Fsp3) is 0.176. The molecule has 0 aliphatic carbocycles. The Balaban J connectivity index is 1.78. The maximum Gasteiger partial charge on any atom is 0.306 e. The molecule has 0 aliphatic rings. The van der Waals surface area contributed by atoms with E-state index in [1.807, 2.05) is 24.3 Å². The first kappa shape index (κ1) is 15.1. The summed E-state index contributed by atoms with van der Waals surface area (Å²) in [6.07, 6.45) is 0.920. The van der Waals surface area contributed by atoms with Gasteiger partial charge < -0.3 is 4.74 Å². The topological polar surface area (TPSA) is 50.1 Å². The highest BCUT2D eigenvalue weighted by molar-refractivity contribution is 6.30. The largest absolute Gasteiger partial charge is 0.461 e. The lowest BCUT2D eigenvalue weighted by Gasteiger charge is -2.05. The van der Waals surface area contributed by atoms with Crippen LogP contribution in [-0.4, -0.2) is 5.97 Å². The van der Waals surface area contributed by atoms with Gasteiger partial charge in [-0.05, 0) is 41.8 Å². The van der Waals surface area contributed by atoms with Gasteiger partial charge in [-0.25, -0.2) is 0 Å². The van der Waals surface area contributed by atoms with Crippen LogP contribution in [0.3, 0.4) is 0 Å². The molecule has 2 rings (SSSR count). The van der Waals surface area contributed by atoms with E-state index in [-0.39, 0.29) is 12.6 Å². The van der Waals surface area contributed by atoms with Crippen LogP contribution in [0.5, 0.6) is 0 Å². The molecule has 106 valence electrons. The molecule has 0 radical (unpaired) electrons. The summed E-state index contributed by atoms with van der Waals surface area (Å²) in [6.45, 7) is 0.222. The van der Waals surface area contributed by atoms with Crippen molar-refractivity contribution >= 4 is 17.6 Å². The fourth-order valence-electron chi connectivity index (χ4n) is 1.85. The van der Waals surface area contributed by atoms with Gasteiger partial charge in [-0.1, -0.05) is 35.9 Å².